The number of hydrogen-bond donors (Lipinski definition) is 3. The average Bonchev–Trinajstić information content (AvgIpc) is 2.52. The molecule has 0 spiro atoms. The number of aliphatic hydroxyl groups is 1. The summed E-state index contributed by atoms with van der Waals surface area (Å²) < 4.78 is 22.3. The first-order valence-corrected chi connectivity index (χ1v) is 7.01. The van der Waals surface area contributed by atoms with Gasteiger partial charge in [-0.2, -0.15) is 5.10 Å². The average molecular weight is 334 g/mol. The van der Waals surface area contributed by atoms with E-state index in [4.69, 9.17) is 9.79 Å². The minimum Gasteiger partial charge on any atom is -0.808 e. The van der Waals surface area contributed by atoms with Crippen LogP contribution in [-0.2, 0) is 15.7 Å². The first kappa shape index (κ1) is 25.4. The molecule has 100 valence electrons. The molecule has 0 saturated carbocycles. The molecule has 1 rings (SSSR count). The Labute approximate surface area is 152 Å². The molecule has 1 aromatic heterocycles. The fraction of sp³-hybridized carbons (Fsp3) is 0.400. The molecule has 0 bridgehead atoms. The van der Waals surface area contributed by atoms with Gasteiger partial charge in [0.2, 0.25) is 5.08 Å². The Morgan fingerprint density at radius 1 is 1.26 bits per heavy atom. The number of rotatable bonds is 4. The zero-order chi connectivity index (χ0) is 12.6. The van der Waals surface area contributed by atoms with Crippen LogP contribution in [0.1, 0.15) is 0 Å². The topological polar surface area (TPSA) is 190 Å². The van der Waals surface area contributed by atoms with E-state index in [-0.39, 0.29) is 64.6 Å². The van der Waals surface area contributed by atoms with Crippen molar-refractivity contribution in [2.75, 3.05) is 0 Å². The van der Waals surface area contributed by atoms with Gasteiger partial charge in [-0.15, -0.1) is 0 Å². The second kappa shape index (κ2) is 8.77. The maximum atomic E-state index is 10.9. The number of nitrogens with zero attached hydrogens (tertiary/aromatic N) is 2. The van der Waals surface area contributed by atoms with Gasteiger partial charge in [-0.05, 0) is 13.7 Å². The van der Waals surface area contributed by atoms with E-state index in [0.29, 0.717) is 0 Å². The van der Waals surface area contributed by atoms with E-state index in [9.17, 15) is 24.0 Å². The van der Waals surface area contributed by atoms with E-state index in [1.54, 1.807) is 0 Å². The summed E-state index contributed by atoms with van der Waals surface area (Å²) in [6, 6.07) is 1.33. The Hall–Kier alpha value is 1.43. The standard InChI is InChI=1S/C5H10N2O7P2.2Na.H2O/c8-5(15(9,10)11,16(12,13)14)4-7-3-1-2-6-7;;;/h1-3,8H,4H2,(H2,9,10,11)(H2,12,13,14);;;1H2/q;2*+1;/p-2. The Kier molecular flexibility index (Phi) is 11.7. The molecular weight excluding hydrogens is 324 g/mol. The maximum absolute atomic E-state index is 10.9. The zero-order valence-electron chi connectivity index (χ0n) is 10.2. The van der Waals surface area contributed by atoms with Crippen LogP contribution in [0.2, 0.25) is 0 Å². The molecule has 1 unspecified atom stereocenters. The minimum atomic E-state index is -5.92. The van der Waals surface area contributed by atoms with E-state index in [0.717, 1.165) is 10.9 Å². The van der Waals surface area contributed by atoms with Gasteiger partial charge in [0.1, 0.15) is 0 Å². The van der Waals surface area contributed by atoms with Crippen molar-refractivity contribution in [1.29, 1.82) is 0 Å². The molecule has 0 aromatic carbocycles. The monoisotopic (exact) mass is 334 g/mol. The quantitative estimate of drug-likeness (QED) is 0.357. The van der Waals surface area contributed by atoms with E-state index in [1.165, 1.54) is 12.3 Å². The third kappa shape index (κ3) is 5.98. The minimum absolute atomic E-state index is 0. The van der Waals surface area contributed by atoms with Crippen molar-refractivity contribution in [3.05, 3.63) is 18.5 Å². The summed E-state index contributed by atoms with van der Waals surface area (Å²) in [6.07, 6.45) is 2.34. The zero-order valence-corrected chi connectivity index (χ0v) is 16.0. The van der Waals surface area contributed by atoms with Gasteiger partial charge in [-0.25, -0.2) is 0 Å². The molecule has 0 aliphatic rings. The van der Waals surface area contributed by atoms with E-state index >= 15 is 0 Å². The van der Waals surface area contributed by atoms with Crippen LogP contribution in [0, 0.1) is 0 Å². The predicted molar refractivity (Wildman–Crippen MR) is 50.4 cm³/mol. The van der Waals surface area contributed by atoms with Crippen molar-refractivity contribution in [3.63, 3.8) is 0 Å². The molecule has 5 N–H and O–H groups in total. The van der Waals surface area contributed by atoms with Crippen molar-refractivity contribution < 1.29 is 98.4 Å². The Bertz CT molecular complexity index is 434. The Morgan fingerprint density at radius 2 is 1.74 bits per heavy atom. The fourth-order valence-electron chi connectivity index (χ4n) is 0.950. The van der Waals surface area contributed by atoms with Crippen molar-refractivity contribution in [2.45, 2.75) is 11.6 Å². The molecule has 1 heterocycles. The van der Waals surface area contributed by atoms with Crippen LogP contribution in [0.5, 0.6) is 0 Å². The molecule has 0 amide bonds. The van der Waals surface area contributed by atoms with Gasteiger partial charge < -0.3 is 34.7 Å². The third-order valence-electron chi connectivity index (χ3n) is 1.84. The Morgan fingerprint density at radius 3 is 2.00 bits per heavy atom. The molecule has 1 atom stereocenters. The van der Waals surface area contributed by atoms with Crippen molar-refractivity contribution in [2.24, 2.45) is 0 Å². The molecular formula is C5H10N2Na2O8P2. The van der Waals surface area contributed by atoms with E-state index in [2.05, 4.69) is 5.10 Å². The van der Waals surface area contributed by atoms with Gasteiger partial charge in [0.15, 0.2) is 0 Å². The molecule has 0 fully saturated rings. The number of hydrogen-bond acceptors (Lipinski definition) is 6. The van der Waals surface area contributed by atoms with Crippen molar-refractivity contribution >= 4 is 15.2 Å². The Balaban J connectivity index is -0.000000853. The molecule has 10 nitrogen and oxygen atoms in total. The number of aromatic nitrogens is 2. The fourth-order valence-corrected chi connectivity index (χ4v) is 2.87. The van der Waals surface area contributed by atoms with Gasteiger partial charge in [0.05, 0.1) is 6.54 Å². The molecule has 1 aromatic rings. The third-order valence-corrected chi connectivity index (χ3v) is 5.45. The van der Waals surface area contributed by atoms with Gasteiger partial charge in [0, 0.05) is 12.4 Å². The van der Waals surface area contributed by atoms with Crippen LogP contribution in [0.15, 0.2) is 18.5 Å². The van der Waals surface area contributed by atoms with Gasteiger partial charge in [-0.3, -0.25) is 9.25 Å². The van der Waals surface area contributed by atoms with E-state index < -0.39 is 26.8 Å². The second-order valence-corrected chi connectivity index (χ2v) is 6.93. The predicted octanol–water partition coefficient (Wildman–Crippen LogP) is -9.20. The smallest absolute Gasteiger partial charge is 0.808 e. The summed E-state index contributed by atoms with van der Waals surface area (Å²) in [5.41, 5.74) is 0. The van der Waals surface area contributed by atoms with Crippen LogP contribution in [0.25, 0.3) is 0 Å². The summed E-state index contributed by atoms with van der Waals surface area (Å²) in [5, 5.41) is 9.10. The summed E-state index contributed by atoms with van der Waals surface area (Å²) in [4.78, 5) is 38.9. The molecule has 0 radical (unpaired) electrons. The second-order valence-electron chi connectivity index (χ2n) is 3.02. The van der Waals surface area contributed by atoms with Crippen molar-refractivity contribution in [1.82, 2.24) is 9.78 Å². The molecule has 0 aliphatic carbocycles. The van der Waals surface area contributed by atoms with Crippen LogP contribution >= 0.6 is 15.2 Å². The molecule has 14 heteroatoms. The first-order chi connectivity index (χ1) is 7.08. The SMILES string of the molecule is O.O=P([O-])([O-])C(O)(Cn1cccn1)P(=O)(O)O.[Na+].[Na+]. The maximum Gasteiger partial charge on any atom is 1.00 e. The van der Waals surface area contributed by atoms with Gasteiger partial charge >= 0.3 is 66.7 Å². The normalized spacial score (nSPS) is 14.4. The summed E-state index contributed by atoms with van der Waals surface area (Å²) in [6.45, 7) is -1.13. The van der Waals surface area contributed by atoms with Crippen LogP contribution in [0.4, 0.5) is 0 Å². The summed E-state index contributed by atoms with van der Waals surface area (Å²) >= 11 is 0. The molecule has 0 aliphatic heterocycles. The molecule has 0 saturated heterocycles. The van der Waals surface area contributed by atoms with E-state index in [1.807, 2.05) is 0 Å². The van der Waals surface area contributed by atoms with Gasteiger partial charge in [0.25, 0.3) is 0 Å². The van der Waals surface area contributed by atoms with Crippen LogP contribution < -0.4 is 68.9 Å². The van der Waals surface area contributed by atoms with Crippen LogP contribution in [0.3, 0.4) is 0 Å². The van der Waals surface area contributed by atoms with Gasteiger partial charge in [-0.1, -0.05) is 0 Å². The summed E-state index contributed by atoms with van der Waals surface area (Å²) in [7, 11) is -11.5. The van der Waals surface area contributed by atoms with Crippen molar-refractivity contribution in [3.8, 4) is 0 Å². The van der Waals surface area contributed by atoms with Crippen LogP contribution in [-0.4, -0.2) is 35.2 Å². The summed E-state index contributed by atoms with van der Waals surface area (Å²) in [5.74, 6) is 0. The largest absolute Gasteiger partial charge is 1.00 e. The molecule has 19 heavy (non-hydrogen) atoms. The first-order valence-electron chi connectivity index (χ1n) is 3.85.